The fraction of sp³-hybridized carbons (Fsp3) is 0.600. The highest BCUT2D eigenvalue weighted by Crippen LogP contribution is 2.46. The molecule has 98 valence electrons. The number of hydrogen-bond acceptors (Lipinski definition) is 2. The summed E-state index contributed by atoms with van der Waals surface area (Å²) in [6.07, 6.45) is 6.55. The Morgan fingerprint density at radius 3 is 2.89 bits per heavy atom. The van der Waals surface area contributed by atoms with Crippen LogP contribution in [-0.2, 0) is 6.42 Å². The maximum absolute atomic E-state index is 5.34. The molecular formula is C15H20BrNO. The first-order valence-electron chi connectivity index (χ1n) is 6.81. The van der Waals surface area contributed by atoms with Crippen molar-refractivity contribution in [2.45, 2.75) is 37.6 Å². The summed E-state index contributed by atoms with van der Waals surface area (Å²) in [6, 6.07) is 6.29. The summed E-state index contributed by atoms with van der Waals surface area (Å²) < 4.78 is 6.55. The molecule has 1 heterocycles. The van der Waals surface area contributed by atoms with Crippen molar-refractivity contribution in [2.24, 2.45) is 5.92 Å². The molecule has 2 nitrogen and oxygen atoms in total. The largest absolute Gasteiger partial charge is 0.497 e. The van der Waals surface area contributed by atoms with Gasteiger partial charge in [0.05, 0.1) is 7.11 Å². The minimum atomic E-state index is 0.356. The smallest absolute Gasteiger partial charge is 0.119 e. The van der Waals surface area contributed by atoms with Crippen LogP contribution in [0, 0.1) is 5.92 Å². The number of hydrogen-bond donors (Lipinski definition) is 1. The lowest BCUT2D eigenvalue weighted by atomic mass is 9.84. The molecule has 1 N–H and O–H groups in total. The summed E-state index contributed by atoms with van der Waals surface area (Å²) in [5.41, 5.74) is 1.73. The van der Waals surface area contributed by atoms with Crippen LogP contribution in [0.5, 0.6) is 5.75 Å². The van der Waals surface area contributed by atoms with E-state index in [0.29, 0.717) is 5.54 Å². The molecule has 1 aliphatic heterocycles. The predicted molar refractivity (Wildman–Crippen MR) is 77.1 cm³/mol. The molecule has 3 heteroatoms. The van der Waals surface area contributed by atoms with E-state index in [0.717, 1.165) is 18.1 Å². The molecule has 2 aliphatic rings. The number of halogens is 1. The summed E-state index contributed by atoms with van der Waals surface area (Å²) in [5.74, 6) is 1.84. The first-order chi connectivity index (χ1) is 8.73. The normalized spacial score (nSPS) is 27.4. The van der Waals surface area contributed by atoms with Gasteiger partial charge in [0.2, 0.25) is 0 Å². The van der Waals surface area contributed by atoms with Gasteiger partial charge >= 0.3 is 0 Å². The van der Waals surface area contributed by atoms with Gasteiger partial charge in [-0.05, 0) is 68.3 Å². The van der Waals surface area contributed by atoms with Crippen molar-refractivity contribution in [1.82, 2.24) is 5.32 Å². The number of ether oxygens (including phenoxy) is 1. The van der Waals surface area contributed by atoms with E-state index >= 15 is 0 Å². The van der Waals surface area contributed by atoms with Crippen LogP contribution in [-0.4, -0.2) is 19.2 Å². The molecule has 2 fully saturated rings. The second-order valence-electron chi connectivity index (χ2n) is 5.59. The Morgan fingerprint density at radius 2 is 2.28 bits per heavy atom. The molecule has 0 bridgehead atoms. The highest BCUT2D eigenvalue weighted by molar-refractivity contribution is 9.10. The zero-order valence-electron chi connectivity index (χ0n) is 10.8. The molecule has 1 aliphatic carbocycles. The van der Waals surface area contributed by atoms with E-state index in [1.165, 1.54) is 42.3 Å². The van der Waals surface area contributed by atoms with Crippen molar-refractivity contribution >= 4 is 15.9 Å². The maximum Gasteiger partial charge on any atom is 0.119 e. The number of benzene rings is 1. The molecule has 18 heavy (non-hydrogen) atoms. The SMILES string of the molecule is COc1ccc(Br)c(CC2(C3CC3)CCCN2)c1. The van der Waals surface area contributed by atoms with Gasteiger partial charge in [-0.3, -0.25) is 0 Å². The van der Waals surface area contributed by atoms with Gasteiger partial charge < -0.3 is 10.1 Å². The zero-order chi connectivity index (χ0) is 12.6. The summed E-state index contributed by atoms with van der Waals surface area (Å²) in [5, 5.41) is 3.78. The minimum absolute atomic E-state index is 0.356. The van der Waals surface area contributed by atoms with Crippen LogP contribution in [0.3, 0.4) is 0 Å². The Balaban J connectivity index is 1.86. The third-order valence-electron chi connectivity index (χ3n) is 4.39. The number of methoxy groups -OCH3 is 1. The van der Waals surface area contributed by atoms with Crippen LogP contribution in [0.1, 0.15) is 31.2 Å². The van der Waals surface area contributed by atoms with Crippen molar-refractivity contribution in [3.63, 3.8) is 0 Å². The Morgan fingerprint density at radius 1 is 1.44 bits per heavy atom. The predicted octanol–water partition coefficient (Wildman–Crippen LogP) is 3.53. The van der Waals surface area contributed by atoms with Crippen LogP contribution in [0.2, 0.25) is 0 Å². The van der Waals surface area contributed by atoms with Crippen molar-refractivity contribution in [2.75, 3.05) is 13.7 Å². The third-order valence-corrected chi connectivity index (χ3v) is 5.17. The summed E-state index contributed by atoms with van der Waals surface area (Å²) >= 11 is 3.68. The first kappa shape index (κ1) is 12.5. The van der Waals surface area contributed by atoms with Gasteiger partial charge in [0.1, 0.15) is 5.75 Å². The second kappa shape index (κ2) is 4.86. The monoisotopic (exact) mass is 309 g/mol. The van der Waals surface area contributed by atoms with Gasteiger partial charge in [-0.1, -0.05) is 15.9 Å². The molecule has 3 rings (SSSR count). The van der Waals surface area contributed by atoms with Gasteiger partial charge in [0, 0.05) is 10.0 Å². The van der Waals surface area contributed by atoms with E-state index in [1.54, 1.807) is 7.11 Å². The van der Waals surface area contributed by atoms with E-state index in [9.17, 15) is 0 Å². The van der Waals surface area contributed by atoms with Gasteiger partial charge in [-0.25, -0.2) is 0 Å². The summed E-state index contributed by atoms with van der Waals surface area (Å²) in [7, 11) is 1.73. The lowest BCUT2D eigenvalue weighted by Gasteiger charge is -2.30. The van der Waals surface area contributed by atoms with E-state index < -0.39 is 0 Å². The topological polar surface area (TPSA) is 21.3 Å². The van der Waals surface area contributed by atoms with Crippen molar-refractivity contribution in [3.8, 4) is 5.75 Å². The van der Waals surface area contributed by atoms with Crippen molar-refractivity contribution in [3.05, 3.63) is 28.2 Å². The van der Waals surface area contributed by atoms with Gasteiger partial charge in [0.25, 0.3) is 0 Å². The van der Waals surface area contributed by atoms with E-state index in [2.05, 4.69) is 33.4 Å². The highest BCUT2D eigenvalue weighted by atomic mass is 79.9. The lowest BCUT2D eigenvalue weighted by Crippen LogP contribution is -2.44. The molecule has 0 amide bonds. The quantitative estimate of drug-likeness (QED) is 0.918. The third kappa shape index (κ3) is 2.30. The van der Waals surface area contributed by atoms with Gasteiger partial charge in [-0.15, -0.1) is 0 Å². The molecule has 0 aromatic heterocycles. The lowest BCUT2D eigenvalue weighted by molar-refractivity contribution is 0.322. The standard InChI is InChI=1S/C15H20BrNO/c1-18-13-5-6-14(16)11(9-13)10-15(12-3-4-12)7-2-8-17-15/h5-6,9,12,17H,2-4,7-8,10H2,1H3. The highest BCUT2D eigenvalue weighted by Gasteiger charge is 2.46. The average molecular weight is 310 g/mol. The number of nitrogens with one attached hydrogen (secondary N) is 1. The molecule has 0 spiro atoms. The minimum Gasteiger partial charge on any atom is -0.497 e. The molecule has 1 aromatic rings. The fourth-order valence-electron chi connectivity index (χ4n) is 3.26. The molecule has 1 saturated heterocycles. The van der Waals surface area contributed by atoms with Gasteiger partial charge in [0.15, 0.2) is 0 Å². The van der Waals surface area contributed by atoms with Crippen LogP contribution >= 0.6 is 15.9 Å². The number of rotatable bonds is 4. The van der Waals surface area contributed by atoms with Crippen molar-refractivity contribution in [1.29, 1.82) is 0 Å². The molecule has 1 saturated carbocycles. The Bertz CT molecular complexity index is 436. The molecule has 1 atom stereocenters. The van der Waals surface area contributed by atoms with Crippen LogP contribution in [0.25, 0.3) is 0 Å². The Hall–Kier alpha value is -0.540. The average Bonchev–Trinajstić information content (AvgIpc) is 3.14. The molecule has 1 unspecified atom stereocenters. The second-order valence-corrected chi connectivity index (χ2v) is 6.45. The van der Waals surface area contributed by atoms with Crippen molar-refractivity contribution < 1.29 is 4.74 Å². The van der Waals surface area contributed by atoms with E-state index in [1.807, 2.05) is 6.07 Å². The first-order valence-corrected chi connectivity index (χ1v) is 7.60. The Kier molecular flexibility index (Phi) is 3.37. The Labute approximate surface area is 117 Å². The van der Waals surface area contributed by atoms with Crippen LogP contribution in [0.15, 0.2) is 22.7 Å². The van der Waals surface area contributed by atoms with E-state index in [-0.39, 0.29) is 0 Å². The van der Waals surface area contributed by atoms with Gasteiger partial charge in [-0.2, -0.15) is 0 Å². The van der Waals surface area contributed by atoms with Crippen LogP contribution in [0.4, 0.5) is 0 Å². The summed E-state index contributed by atoms with van der Waals surface area (Å²) in [6.45, 7) is 1.18. The fourth-order valence-corrected chi connectivity index (χ4v) is 3.65. The zero-order valence-corrected chi connectivity index (χ0v) is 12.4. The van der Waals surface area contributed by atoms with E-state index in [4.69, 9.17) is 4.74 Å². The molecular weight excluding hydrogens is 290 g/mol. The molecule has 0 radical (unpaired) electrons. The molecule has 1 aromatic carbocycles. The summed E-state index contributed by atoms with van der Waals surface area (Å²) in [4.78, 5) is 0. The van der Waals surface area contributed by atoms with Crippen LogP contribution < -0.4 is 10.1 Å². The maximum atomic E-state index is 5.34.